The zero-order valence-corrected chi connectivity index (χ0v) is 6.97. The Morgan fingerprint density at radius 3 is 3.09 bits per heavy atom. The van der Waals surface area contributed by atoms with Crippen LogP contribution in [0.2, 0.25) is 0 Å². The van der Waals surface area contributed by atoms with Gasteiger partial charge >= 0.3 is 0 Å². The van der Waals surface area contributed by atoms with Crippen molar-refractivity contribution in [1.29, 1.82) is 0 Å². The quantitative estimate of drug-likeness (QED) is 0.529. The molecule has 3 N–H and O–H groups in total. The predicted octanol–water partition coefficient (Wildman–Crippen LogP) is -0.290. The molecule has 11 heavy (non-hydrogen) atoms. The first-order valence-corrected chi connectivity index (χ1v) is 4.48. The molecule has 0 aromatic rings. The van der Waals surface area contributed by atoms with Crippen molar-refractivity contribution >= 4 is 0 Å². The van der Waals surface area contributed by atoms with Crippen LogP contribution in [0.3, 0.4) is 0 Å². The molecule has 0 radical (unpaired) electrons. The average Bonchev–Trinajstić information content (AvgIpc) is 2.28. The van der Waals surface area contributed by atoms with Crippen LogP contribution < -0.4 is 10.6 Å². The summed E-state index contributed by atoms with van der Waals surface area (Å²) in [5.74, 6) is 0. The maximum atomic E-state index is 8.62. The molecule has 1 heterocycles. The predicted molar refractivity (Wildman–Crippen MR) is 45.6 cm³/mol. The molecule has 1 atom stereocenters. The van der Waals surface area contributed by atoms with Crippen molar-refractivity contribution in [1.82, 2.24) is 10.6 Å². The van der Waals surface area contributed by atoms with E-state index in [0.29, 0.717) is 12.6 Å². The molecule has 0 spiro atoms. The summed E-state index contributed by atoms with van der Waals surface area (Å²) in [7, 11) is 0. The van der Waals surface area contributed by atoms with Gasteiger partial charge in [0.1, 0.15) is 0 Å². The van der Waals surface area contributed by atoms with Crippen LogP contribution in [0, 0.1) is 0 Å². The Kier molecular flexibility index (Phi) is 4.50. The van der Waals surface area contributed by atoms with Crippen molar-refractivity contribution < 1.29 is 5.11 Å². The molecule has 0 amide bonds. The fourth-order valence-electron chi connectivity index (χ4n) is 1.41. The molecule has 0 aliphatic carbocycles. The molecule has 3 nitrogen and oxygen atoms in total. The molecule has 1 fully saturated rings. The lowest BCUT2D eigenvalue weighted by atomic mass is 10.1. The highest BCUT2D eigenvalue weighted by atomic mass is 16.2. The molecule has 66 valence electrons. The molecule has 1 aliphatic heterocycles. The Labute approximate surface area is 68.2 Å². The third kappa shape index (κ3) is 3.70. The van der Waals surface area contributed by atoms with Gasteiger partial charge in [0.25, 0.3) is 0 Å². The summed E-state index contributed by atoms with van der Waals surface area (Å²) in [4.78, 5) is 0. The Morgan fingerprint density at radius 1 is 1.36 bits per heavy atom. The molecule has 1 saturated heterocycles. The first kappa shape index (κ1) is 8.97. The number of rotatable bonds is 3. The van der Waals surface area contributed by atoms with E-state index in [0.717, 1.165) is 32.5 Å². The van der Waals surface area contributed by atoms with Crippen LogP contribution in [0.1, 0.15) is 19.3 Å². The number of nitrogens with one attached hydrogen (secondary N) is 2. The van der Waals surface area contributed by atoms with Crippen molar-refractivity contribution in [3.63, 3.8) is 0 Å². The Morgan fingerprint density at radius 2 is 2.27 bits per heavy atom. The van der Waals surface area contributed by atoms with E-state index in [1.807, 2.05) is 0 Å². The van der Waals surface area contributed by atoms with E-state index in [4.69, 9.17) is 5.11 Å². The van der Waals surface area contributed by atoms with Crippen LogP contribution in [-0.2, 0) is 0 Å². The van der Waals surface area contributed by atoms with Crippen LogP contribution in [0.5, 0.6) is 0 Å². The van der Waals surface area contributed by atoms with E-state index >= 15 is 0 Å². The van der Waals surface area contributed by atoms with Crippen LogP contribution in [0.25, 0.3) is 0 Å². The van der Waals surface area contributed by atoms with Crippen LogP contribution in [-0.4, -0.2) is 37.4 Å². The monoisotopic (exact) mass is 158 g/mol. The van der Waals surface area contributed by atoms with E-state index in [-0.39, 0.29) is 0 Å². The summed E-state index contributed by atoms with van der Waals surface area (Å²) in [5, 5.41) is 15.4. The molecule has 0 aromatic heterocycles. The minimum absolute atomic E-state index is 0.318. The Hall–Kier alpha value is -0.120. The largest absolute Gasteiger partial charge is 0.396 e. The molecule has 3 heteroatoms. The van der Waals surface area contributed by atoms with Gasteiger partial charge in [0, 0.05) is 19.2 Å². The number of hydrogen-bond acceptors (Lipinski definition) is 3. The smallest absolute Gasteiger partial charge is 0.0431 e. The molecular formula is C8H18N2O. The third-order valence-corrected chi connectivity index (χ3v) is 2.06. The Balaban J connectivity index is 2.09. The number of aliphatic hydroxyl groups excluding tert-OH is 1. The second-order valence-electron chi connectivity index (χ2n) is 3.07. The van der Waals surface area contributed by atoms with E-state index < -0.39 is 0 Å². The zero-order valence-electron chi connectivity index (χ0n) is 6.97. The summed E-state index contributed by atoms with van der Waals surface area (Å²) in [5.41, 5.74) is 0. The minimum Gasteiger partial charge on any atom is -0.396 e. The van der Waals surface area contributed by atoms with E-state index in [9.17, 15) is 0 Å². The van der Waals surface area contributed by atoms with Gasteiger partial charge in [0.2, 0.25) is 0 Å². The van der Waals surface area contributed by atoms with Gasteiger partial charge in [-0.05, 0) is 32.4 Å². The molecule has 0 saturated carbocycles. The second-order valence-corrected chi connectivity index (χ2v) is 3.07. The van der Waals surface area contributed by atoms with Gasteiger partial charge < -0.3 is 15.7 Å². The maximum absolute atomic E-state index is 8.62. The van der Waals surface area contributed by atoms with E-state index in [1.165, 1.54) is 6.42 Å². The van der Waals surface area contributed by atoms with Crippen molar-refractivity contribution in [2.24, 2.45) is 0 Å². The Bertz CT molecular complexity index is 90.1. The highest BCUT2D eigenvalue weighted by Gasteiger charge is 2.09. The summed E-state index contributed by atoms with van der Waals surface area (Å²) in [6.45, 7) is 3.61. The highest BCUT2D eigenvalue weighted by Crippen LogP contribution is 1.97. The van der Waals surface area contributed by atoms with Gasteiger partial charge in [-0.25, -0.2) is 0 Å². The van der Waals surface area contributed by atoms with Crippen molar-refractivity contribution in [2.75, 3.05) is 26.2 Å². The van der Waals surface area contributed by atoms with Crippen LogP contribution in [0.4, 0.5) is 0 Å². The highest BCUT2D eigenvalue weighted by molar-refractivity contribution is 4.72. The minimum atomic E-state index is 0.318. The lowest BCUT2D eigenvalue weighted by molar-refractivity contribution is 0.275. The SMILES string of the molecule is OCCCC1CNCCCN1. The topological polar surface area (TPSA) is 44.3 Å². The molecule has 0 bridgehead atoms. The summed E-state index contributed by atoms with van der Waals surface area (Å²) in [6.07, 6.45) is 3.22. The van der Waals surface area contributed by atoms with E-state index in [1.54, 1.807) is 0 Å². The first-order valence-electron chi connectivity index (χ1n) is 4.48. The first-order chi connectivity index (χ1) is 5.43. The lowest BCUT2D eigenvalue weighted by Crippen LogP contribution is -2.35. The molecule has 1 aliphatic rings. The summed E-state index contributed by atoms with van der Waals surface area (Å²) in [6, 6.07) is 0.574. The standard InChI is InChI=1S/C8H18N2O/c11-6-1-3-8-7-9-4-2-5-10-8/h8-11H,1-7H2. The molecular weight excluding hydrogens is 140 g/mol. The molecule has 0 aromatic carbocycles. The van der Waals surface area contributed by atoms with Crippen LogP contribution in [0.15, 0.2) is 0 Å². The van der Waals surface area contributed by atoms with Gasteiger partial charge in [-0.3, -0.25) is 0 Å². The average molecular weight is 158 g/mol. The second kappa shape index (κ2) is 5.52. The maximum Gasteiger partial charge on any atom is 0.0431 e. The van der Waals surface area contributed by atoms with E-state index in [2.05, 4.69) is 10.6 Å². The fraction of sp³-hybridized carbons (Fsp3) is 1.00. The van der Waals surface area contributed by atoms with Gasteiger partial charge in [0.15, 0.2) is 0 Å². The normalized spacial score (nSPS) is 26.5. The lowest BCUT2D eigenvalue weighted by Gasteiger charge is -2.14. The van der Waals surface area contributed by atoms with Gasteiger partial charge in [-0.15, -0.1) is 0 Å². The van der Waals surface area contributed by atoms with Crippen molar-refractivity contribution in [2.45, 2.75) is 25.3 Å². The molecule has 1 rings (SSSR count). The van der Waals surface area contributed by atoms with Gasteiger partial charge in [0.05, 0.1) is 0 Å². The number of hydrogen-bond donors (Lipinski definition) is 3. The number of aliphatic hydroxyl groups is 1. The summed E-state index contributed by atoms with van der Waals surface area (Å²) < 4.78 is 0. The zero-order chi connectivity index (χ0) is 7.94. The molecule has 1 unspecified atom stereocenters. The van der Waals surface area contributed by atoms with Gasteiger partial charge in [-0.2, -0.15) is 0 Å². The van der Waals surface area contributed by atoms with Crippen LogP contribution >= 0.6 is 0 Å². The van der Waals surface area contributed by atoms with Crippen molar-refractivity contribution in [3.8, 4) is 0 Å². The fourth-order valence-corrected chi connectivity index (χ4v) is 1.41. The third-order valence-electron chi connectivity index (χ3n) is 2.06. The summed E-state index contributed by atoms with van der Waals surface area (Å²) >= 11 is 0. The van der Waals surface area contributed by atoms with Gasteiger partial charge in [-0.1, -0.05) is 0 Å². The van der Waals surface area contributed by atoms with Crippen molar-refractivity contribution in [3.05, 3.63) is 0 Å².